The maximum Gasteiger partial charge on any atom is 0.421 e. The number of benzene rings is 1. The quantitative estimate of drug-likeness (QED) is 0.394. The first-order valence-corrected chi connectivity index (χ1v) is 9.38. The zero-order valence-corrected chi connectivity index (χ0v) is 18.0. The molecule has 2 amide bonds. The minimum Gasteiger partial charge on any atom is -0.469 e. The summed E-state index contributed by atoms with van der Waals surface area (Å²) >= 11 is 0. The summed E-state index contributed by atoms with van der Waals surface area (Å²) in [6, 6.07) is 6.04. The molecular formula is C21H23NO9. The topological polar surface area (TPSA) is 126 Å². The first kappa shape index (κ1) is 22.3. The summed E-state index contributed by atoms with van der Waals surface area (Å²) in [6.07, 6.45) is -1.01. The number of carbonyl (C=O) groups is 5. The number of carbonyl (C=O) groups excluding carboxylic acids is 5. The van der Waals surface area contributed by atoms with Crippen LogP contribution in [0.3, 0.4) is 0 Å². The Bertz CT molecular complexity index is 977. The van der Waals surface area contributed by atoms with Gasteiger partial charge in [0, 0.05) is 0 Å². The predicted octanol–water partition coefficient (Wildman–Crippen LogP) is 1.34. The standard InChI is InChI=1S/C21H23NO9/c1-19(2,3)31-18(27)22-12-10-8-7-9-11(12)20(15(22)24)13(14(23)28-4)21(20,16(25)29-5)17(26)30-6/h7-10,13H,1-6H3/t13-,20-/m0/s1. The van der Waals surface area contributed by atoms with Crippen molar-refractivity contribution < 1.29 is 42.9 Å². The van der Waals surface area contributed by atoms with Gasteiger partial charge in [0.05, 0.1) is 27.0 Å². The molecule has 1 aromatic rings. The van der Waals surface area contributed by atoms with Crippen LogP contribution in [0.4, 0.5) is 10.5 Å². The number of hydrogen-bond donors (Lipinski definition) is 0. The van der Waals surface area contributed by atoms with E-state index in [1.807, 2.05) is 0 Å². The average Bonchev–Trinajstić information content (AvgIpc) is 3.28. The molecule has 1 spiro atoms. The Morgan fingerprint density at radius 2 is 1.48 bits per heavy atom. The molecule has 1 saturated carbocycles. The zero-order valence-electron chi connectivity index (χ0n) is 18.0. The second kappa shape index (κ2) is 7.07. The van der Waals surface area contributed by atoms with Crippen molar-refractivity contribution in [2.24, 2.45) is 11.3 Å². The van der Waals surface area contributed by atoms with Gasteiger partial charge in [0.2, 0.25) is 5.91 Å². The van der Waals surface area contributed by atoms with Crippen LogP contribution in [0.25, 0.3) is 0 Å². The lowest BCUT2D eigenvalue weighted by molar-refractivity contribution is -0.166. The number of methoxy groups -OCH3 is 3. The fourth-order valence-electron chi connectivity index (χ4n) is 4.46. The molecule has 0 saturated heterocycles. The third kappa shape index (κ3) is 2.67. The first-order chi connectivity index (χ1) is 14.5. The van der Waals surface area contributed by atoms with Crippen LogP contribution in [0.5, 0.6) is 0 Å². The van der Waals surface area contributed by atoms with Crippen molar-refractivity contribution in [3.8, 4) is 0 Å². The first-order valence-electron chi connectivity index (χ1n) is 9.38. The highest BCUT2D eigenvalue weighted by Crippen LogP contribution is 2.75. The number of amides is 2. The molecule has 166 valence electrons. The zero-order chi connectivity index (χ0) is 23.4. The molecule has 0 bridgehead atoms. The number of hydrogen-bond acceptors (Lipinski definition) is 9. The van der Waals surface area contributed by atoms with Crippen LogP contribution >= 0.6 is 0 Å². The molecule has 0 radical (unpaired) electrons. The third-order valence-corrected chi connectivity index (χ3v) is 5.54. The van der Waals surface area contributed by atoms with E-state index in [0.29, 0.717) is 0 Å². The minimum absolute atomic E-state index is 0.0883. The SMILES string of the molecule is COC(=O)[C@@H]1C(C(=O)OC)(C(=O)OC)[C@]12C(=O)N(C(=O)OC(C)(C)C)c1ccccc12. The van der Waals surface area contributed by atoms with Crippen molar-refractivity contribution in [3.63, 3.8) is 0 Å². The summed E-state index contributed by atoms with van der Waals surface area (Å²) in [6.45, 7) is 4.86. The molecule has 10 nitrogen and oxygen atoms in total. The van der Waals surface area contributed by atoms with Gasteiger partial charge < -0.3 is 18.9 Å². The van der Waals surface area contributed by atoms with E-state index < -0.39 is 52.3 Å². The lowest BCUT2D eigenvalue weighted by atomic mass is 9.86. The van der Waals surface area contributed by atoms with Gasteiger partial charge >= 0.3 is 24.0 Å². The summed E-state index contributed by atoms with van der Waals surface area (Å²) in [5.74, 6) is -5.86. The summed E-state index contributed by atoms with van der Waals surface area (Å²) < 4.78 is 19.8. The molecule has 1 heterocycles. The molecule has 1 aromatic carbocycles. The lowest BCUT2D eigenvalue weighted by Gasteiger charge is -2.24. The molecule has 10 heteroatoms. The van der Waals surface area contributed by atoms with E-state index in [-0.39, 0.29) is 11.3 Å². The fraction of sp³-hybridized carbons (Fsp3) is 0.476. The Balaban J connectivity index is 2.31. The van der Waals surface area contributed by atoms with Crippen molar-refractivity contribution in [2.75, 3.05) is 26.2 Å². The maximum atomic E-state index is 13.8. The van der Waals surface area contributed by atoms with Gasteiger partial charge in [-0.1, -0.05) is 18.2 Å². The monoisotopic (exact) mass is 433 g/mol. The molecule has 1 fully saturated rings. The fourth-order valence-corrected chi connectivity index (χ4v) is 4.46. The molecule has 31 heavy (non-hydrogen) atoms. The Hall–Kier alpha value is -3.43. The molecule has 1 aliphatic carbocycles. The number of nitrogens with zero attached hydrogens (tertiary/aromatic N) is 1. The second-order valence-electron chi connectivity index (χ2n) is 8.19. The molecule has 0 N–H and O–H groups in total. The third-order valence-electron chi connectivity index (χ3n) is 5.54. The van der Waals surface area contributed by atoms with Crippen LogP contribution < -0.4 is 4.90 Å². The normalized spacial score (nSPS) is 23.1. The highest BCUT2D eigenvalue weighted by molar-refractivity contribution is 6.31. The van der Waals surface area contributed by atoms with E-state index in [2.05, 4.69) is 0 Å². The molecular weight excluding hydrogens is 410 g/mol. The molecule has 0 unspecified atom stereocenters. The lowest BCUT2D eigenvalue weighted by Crippen LogP contribution is -2.45. The predicted molar refractivity (Wildman–Crippen MR) is 104 cm³/mol. The van der Waals surface area contributed by atoms with Crippen LogP contribution in [0, 0.1) is 11.3 Å². The summed E-state index contributed by atoms with van der Waals surface area (Å²) in [7, 11) is 3.10. The molecule has 3 rings (SSSR count). The molecule has 0 aromatic heterocycles. The number of anilines is 1. The van der Waals surface area contributed by atoms with Crippen molar-refractivity contribution in [1.82, 2.24) is 0 Å². The van der Waals surface area contributed by atoms with Crippen LogP contribution in [0.1, 0.15) is 26.3 Å². The van der Waals surface area contributed by atoms with Crippen LogP contribution in [0.15, 0.2) is 24.3 Å². The number of rotatable bonds is 3. The van der Waals surface area contributed by atoms with Crippen LogP contribution in [-0.4, -0.2) is 56.8 Å². The Morgan fingerprint density at radius 3 is 1.97 bits per heavy atom. The average molecular weight is 433 g/mol. The maximum absolute atomic E-state index is 13.8. The van der Waals surface area contributed by atoms with E-state index in [1.54, 1.807) is 32.9 Å². The number of fused-ring (bicyclic) bond motifs is 2. The number of ether oxygens (including phenoxy) is 4. The Morgan fingerprint density at radius 1 is 0.935 bits per heavy atom. The van der Waals surface area contributed by atoms with Gasteiger partial charge in [-0.05, 0) is 32.4 Å². The van der Waals surface area contributed by atoms with Crippen molar-refractivity contribution in [2.45, 2.75) is 31.8 Å². The molecule has 1 aliphatic heterocycles. The van der Waals surface area contributed by atoms with Gasteiger partial charge in [-0.15, -0.1) is 0 Å². The Labute approximate surface area is 178 Å². The van der Waals surface area contributed by atoms with Crippen LogP contribution in [0.2, 0.25) is 0 Å². The highest BCUT2D eigenvalue weighted by atomic mass is 16.6. The van der Waals surface area contributed by atoms with Gasteiger partial charge in [0.15, 0.2) is 5.41 Å². The minimum atomic E-state index is -2.35. The molecule has 2 atom stereocenters. The summed E-state index contributed by atoms with van der Waals surface area (Å²) in [5, 5.41) is 0. The van der Waals surface area contributed by atoms with Gasteiger partial charge in [-0.25, -0.2) is 9.69 Å². The summed E-state index contributed by atoms with van der Waals surface area (Å²) in [4.78, 5) is 66.0. The number of esters is 3. The van der Waals surface area contributed by atoms with Gasteiger partial charge in [-0.2, -0.15) is 0 Å². The second-order valence-corrected chi connectivity index (χ2v) is 8.19. The van der Waals surface area contributed by atoms with Gasteiger partial charge in [0.25, 0.3) is 0 Å². The van der Waals surface area contributed by atoms with E-state index in [4.69, 9.17) is 18.9 Å². The van der Waals surface area contributed by atoms with E-state index in [1.165, 1.54) is 12.1 Å². The van der Waals surface area contributed by atoms with Crippen molar-refractivity contribution in [1.29, 1.82) is 0 Å². The smallest absolute Gasteiger partial charge is 0.421 e. The Kier molecular flexibility index (Phi) is 5.08. The largest absolute Gasteiger partial charge is 0.469 e. The van der Waals surface area contributed by atoms with E-state index >= 15 is 0 Å². The van der Waals surface area contributed by atoms with Gasteiger partial charge in [-0.3, -0.25) is 19.2 Å². The van der Waals surface area contributed by atoms with E-state index in [0.717, 1.165) is 26.2 Å². The van der Waals surface area contributed by atoms with Crippen molar-refractivity contribution in [3.05, 3.63) is 29.8 Å². The van der Waals surface area contributed by atoms with Gasteiger partial charge in [0.1, 0.15) is 16.9 Å². The molecule has 2 aliphatic rings. The summed E-state index contributed by atoms with van der Waals surface area (Å²) in [5.41, 5.74) is -5.15. The number of para-hydroxylation sites is 1. The van der Waals surface area contributed by atoms with Crippen molar-refractivity contribution >= 4 is 35.6 Å². The van der Waals surface area contributed by atoms with Crippen LogP contribution in [-0.2, 0) is 43.5 Å². The highest BCUT2D eigenvalue weighted by Gasteiger charge is 2.95. The number of imide groups is 1. The van der Waals surface area contributed by atoms with E-state index in [9.17, 15) is 24.0 Å².